The number of nitrogens with zero attached hydrogens (tertiary/aromatic N) is 1. The zero-order valence-electron chi connectivity index (χ0n) is 11.6. The van der Waals surface area contributed by atoms with E-state index in [1.54, 1.807) is 23.6 Å². The van der Waals surface area contributed by atoms with Crippen molar-refractivity contribution in [2.24, 2.45) is 0 Å². The fraction of sp³-hybridized carbons (Fsp3) is 0.0556. The van der Waals surface area contributed by atoms with E-state index in [4.69, 9.17) is 0 Å². The summed E-state index contributed by atoms with van der Waals surface area (Å²) in [6.45, 7) is 5.42. The molecule has 3 heteroatoms. The monoisotopic (exact) mass is 279 g/mol. The van der Waals surface area contributed by atoms with Crippen molar-refractivity contribution in [1.29, 1.82) is 0 Å². The molecule has 104 valence electrons. The summed E-state index contributed by atoms with van der Waals surface area (Å²) in [6, 6.07) is 15.7. The molecular formula is C18H14FNO. The lowest BCUT2D eigenvalue weighted by atomic mass is 10.1. The van der Waals surface area contributed by atoms with Crippen molar-refractivity contribution in [3.05, 3.63) is 72.6 Å². The van der Waals surface area contributed by atoms with Crippen LogP contribution in [0, 0.1) is 5.82 Å². The number of allylic oxidation sites excluding steroid dienone is 1. The van der Waals surface area contributed by atoms with Crippen LogP contribution >= 0.6 is 0 Å². The molecule has 0 fully saturated rings. The zero-order valence-corrected chi connectivity index (χ0v) is 11.6. The predicted molar refractivity (Wildman–Crippen MR) is 82.8 cm³/mol. The SMILES string of the molecule is C=C(C)C(=O)n1c(-c2ccc(F)cc2)cc2ccccc21. The predicted octanol–water partition coefficient (Wildman–Crippen LogP) is 4.66. The van der Waals surface area contributed by atoms with Gasteiger partial charge in [-0.25, -0.2) is 4.39 Å². The molecule has 0 amide bonds. The standard InChI is InChI=1S/C18H14FNO/c1-12(2)18(21)20-16-6-4-3-5-14(16)11-17(20)13-7-9-15(19)10-8-13/h3-11H,1H2,2H3. The Morgan fingerprint density at radius 1 is 1.10 bits per heavy atom. The van der Waals surface area contributed by atoms with Crippen molar-refractivity contribution in [2.75, 3.05) is 0 Å². The first-order valence-corrected chi connectivity index (χ1v) is 6.64. The highest BCUT2D eigenvalue weighted by Crippen LogP contribution is 2.29. The molecule has 0 bridgehead atoms. The maximum Gasteiger partial charge on any atom is 0.257 e. The summed E-state index contributed by atoms with van der Waals surface area (Å²) in [4.78, 5) is 12.5. The number of hydrogen-bond donors (Lipinski definition) is 0. The van der Waals surface area contributed by atoms with Gasteiger partial charge in [0.1, 0.15) is 5.82 Å². The minimum absolute atomic E-state index is 0.157. The number of hydrogen-bond acceptors (Lipinski definition) is 1. The van der Waals surface area contributed by atoms with Crippen molar-refractivity contribution in [3.63, 3.8) is 0 Å². The summed E-state index contributed by atoms with van der Waals surface area (Å²) in [6.07, 6.45) is 0. The molecule has 0 spiro atoms. The summed E-state index contributed by atoms with van der Waals surface area (Å²) in [5.74, 6) is -0.455. The van der Waals surface area contributed by atoms with Gasteiger partial charge in [0.25, 0.3) is 5.91 Å². The molecule has 0 unspecified atom stereocenters. The van der Waals surface area contributed by atoms with Gasteiger partial charge in [-0.3, -0.25) is 9.36 Å². The second kappa shape index (κ2) is 5.02. The van der Waals surface area contributed by atoms with E-state index in [0.717, 1.165) is 22.2 Å². The largest absolute Gasteiger partial charge is 0.276 e. The Morgan fingerprint density at radius 3 is 2.43 bits per heavy atom. The molecule has 0 radical (unpaired) electrons. The summed E-state index contributed by atoms with van der Waals surface area (Å²) in [5, 5.41) is 0.964. The van der Waals surface area contributed by atoms with Crippen LogP contribution in [0.5, 0.6) is 0 Å². The van der Waals surface area contributed by atoms with Gasteiger partial charge < -0.3 is 0 Å². The highest BCUT2D eigenvalue weighted by Gasteiger charge is 2.16. The maximum absolute atomic E-state index is 13.1. The number of halogens is 1. The van der Waals surface area contributed by atoms with Crippen LogP contribution in [0.15, 0.2) is 66.7 Å². The fourth-order valence-corrected chi connectivity index (χ4v) is 2.40. The Labute approximate surface area is 122 Å². The average Bonchev–Trinajstić information content (AvgIpc) is 2.86. The van der Waals surface area contributed by atoms with E-state index in [1.165, 1.54) is 12.1 Å². The highest BCUT2D eigenvalue weighted by molar-refractivity contribution is 6.05. The molecule has 0 aliphatic carbocycles. The van der Waals surface area contributed by atoms with Crippen LogP contribution in [0.3, 0.4) is 0 Å². The van der Waals surface area contributed by atoms with Crippen LogP contribution in [-0.2, 0) is 0 Å². The number of benzene rings is 2. The number of fused-ring (bicyclic) bond motifs is 1. The lowest BCUT2D eigenvalue weighted by molar-refractivity contribution is 0.0962. The molecule has 21 heavy (non-hydrogen) atoms. The van der Waals surface area contributed by atoms with E-state index in [2.05, 4.69) is 6.58 Å². The van der Waals surface area contributed by atoms with Crippen molar-refractivity contribution in [2.45, 2.75) is 6.92 Å². The number of para-hydroxylation sites is 1. The Balaban J connectivity index is 2.31. The van der Waals surface area contributed by atoms with Gasteiger partial charge in [0, 0.05) is 11.0 Å². The second-order valence-electron chi connectivity index (χ2n) is 5.02. The molecular weight excluding hydrogens is 265 g/mol. The second-order valence-corrected chi connectivity index (χ2v) is 5.02. The molecule has 3 aromatic rings. The molecule has 2 aromatic carbocycles. The molecule has 0 saturated carbocycles. The van der Waals surface area contributed by atoms with Crippen molar-refractivity contribution < 1.29 is 9.18 Å². The van der Waals surface area contributed by atoms with Crippen molar-refractivity contribution in [3.8, 4) is 11.3 Å². The third-order valence-corrected chi connectivity index (χ3v) is 3.42. The third kappa shape index (κ3) is 2.27. The lowest BCUT2D eigenvalue weighted by Gasteiger charge is -2.09. The highest BCUT2D eigenvalue weighted by atomic mass is 19.1. The zero-order chi connectivity index (χ0) is 15.0. The smallest absolute Gasteiger partial charge is 0.257 e. The van der Waals surface area contributed by atoms with Crippen LogP contribution in [0.25, 0.3) is 22.2 Å². The molecule has 0 aliphatic rings. The normalized spacial score (nSPS) is 10.8. The molecule has 1 aromatic heterocycles. The first-order chi connectivity index (χ1) is 10.1. The van der Waals surface area contributed by atoms with Crippen LogP contribution in [-0.4, -0.2) is 10.5 Å². The molecule has 2 nitrogen and oxygen atoms in total. The topological polar surface area (TPSA) is 22.0 Å². The Hall–Kier alpha value is -2.68. The van der Waals surface area contributed by atoms with Crippen molar-refractivity contribution in [1.82, 2.24) is 4.57 Å². The molecule has 0 saturated heterocycles. The van der Waals surface area contributed by atoms with E-state index < -0.39 is 0 Å². The summed E-state index contributed by atoms with van der Waals surface area (Å²) in [5.41, 5.74) is 2.82. The molecule has 0 atom stereocenters. The van der Waals surface area contributed by atoms with Gasteiger partial charge in [-0.1, -0.05) is 24.8 Å². The quantitative estimate of drug-likeness (QED) is 0.625. The van der Waals surface area contributed by atoms with Gasteiger partial charge in [0.15, 0.2) is 0 Å². The molecule has 0 aliphatic heterocycles. The van der Waals surface area contributed by atoms with Gasteiger partial charge in [0.05, 0.1) is 11.2 Å². The van der Waals surface area contributed by atoms with Crippen LogP contribution in [0.4, 0.5) is 4.39 Å². The minimum atomic E-state index is -0.298. The maximum atomic E-state index is 13.1. The van der Waals surface area contributed by atoms with Gasteiger partial charge in [0.2, 0.25) is 0 Å². The minimum Gasteiger partial charge on any atom is -0.276 e. The number of carbonyl (C=O) groups excluding carboxylic acids is 1. The Bertz CT molecular complexity index is 843. The molecule has 0 N–H and O–H groups in total. The van der Waals surface area contributed by atoms with Crippen LogP contribution in [0.1, 0.15) is 11.7 Å². The van der Waals surface area contributed by atoms with Crippen LogP contribution < -0.4 is 0 Å². The first-order valence-electron chi connectivity index (χ1n) is 6.64. The van der Waals surface area contributed by atoms with Gasteiger partial charge >= 0.3 is 0 Å². The summed E-state index contributed by atoms with van der Waals surface area (Å²) in [7, 11) is 0. The van der Waals surface area contributed by atoms with Gasteiger partial charge in [-0.05, 0) is 48.9 Å². The van der Waals surface area contributed by atoms with E-state index >= 15 is 0 Å². The Kier molecular flexibility index (Phi) is 3.18. The van der Waals surface area contributed by atoms with E-state index in [0.29, 0.717) is 5.57 Å². The summed E-state index contributed by atoms with van der Waals surface area (Å²) < 4.78 is 14.7. The molecule has 1 heterocycles. The fourth-order valence-electron chi connectivity index (χ4n) is 2.40. The van der Waals surface area contributed by atoms with Gasteiger partial charge in [-0.2, -0.15) is 0 Å². The first kappa shape index (κ1) is 13.3. The average molecular weight is 279 g/mol. The lowest BCUT2D eigenvalue weighted by Crippen LogP contribution is -2.12. The van der Waals surface area contributed by atoms with E-state index in [1.807, 2.05) is 30.3 Å². The number of rotatable bonds is 2. The molecule has 3 rings (SSSR count). The Morgan fingerprint density at radius 2 is 1.76 bits per heavy atom. The van der Waals surface area contributed by atoms with E-state index in [-0.39, 0.29) is 11.7 Å². The number of aromatic nitrogens is 1. The van der Waals surface area contributed by atoms with E-state index in [9.17, 15) is 9.18 Å². The van der Waals surface area contributed by atoms with Gasteiger partial charge in [-0.15, -0.1) is 0 Å². The van der Waals surface area contributed by atoms with Crippen molar-refractivity contribution >= 4 is 16.8 Å². The number of carbonyl (C=O) groups is 1. The third-order valence-electron chi connectivity index (χ3n) is 3.42. The van der Waals surface area contributed by atoms with Crippen LogP contribution in [0.2, 0.25) is 0 Å². The summed E-state index contributed by atoms with van der Waals surface area (Å²) >= 11 is 0.